The lowest BCUT2D eigenvalue weighted by atomic mass is 10.1. The van der Waals surface area contributed by atoms with Gasteiger partial charge in [0.1, 0.15) is 0 Å². The normalized spacial score (nSPS) is 21.7. The number of nitrogens with zero attached hydrogens (tertiary/aromatic N) is 5. The van der Waals surface area contributed by atoms with Gasteiger partial charge >= 0.3 is 18.4 Å². The molecule has 2 aromatic carbocycles. The molecular formula is C41H44F6N8O. The number of hydrogen-bond acceptors (Lipinski definition) is 7. The Hall–Kier alpha value is -5.05. The van der Waals surface area contributed by atoms with Crippen LogP contribution in [0.4, 0.5) is 54.1 Å². The van der Waals surface area contributed by atoms with Gasteiger partial charge in [0.2, 0.25) is 0 Å². The third-order valence-corrected chi connectivity index (χ3v) is 11.3. The number of hydrogen-bond donors (Lipinski definition) is 3. The molecule has 4 N–H and O–H groups in total. The number of urea groups is 1. The van der Waals surface area contributed by atoms with Gasteiger partial charge in [-0.3, -0.25) is 4.90 Å². The molecule has 2 saturated carbocycles. The van der Waals surface area contributed by atoms with Crippen LogP contribution in [0.1, 0.15) is 63.5 Å². The number of aromatic nitrogens is 2. The lowest BCUT2D eigenvalue weighted by Crippen LogP contribution is -2.53. The minimum Gasteiger partial charge on any atom is -0.366 e. The van der Waals surface area contributed by atoms with E-state index in [1.54, 1.807) is 29.2 Å². The van der Waals surface area contributed by atoms with E-state index in [9.17, 15) is 31.1 Å². The molecule has 2 amide bonds. The highest BCUT2D eigenvalue weighted by atomic mass is 19.4. The third kappa shape index (κ3) is 8.09. The number of pyridine rings is 2. The lowest BCUT2D eigenvalue weighted by Gasteiger charge is -2.36. The van der Waals surface area contributed by atoms with Crippen molar-refractivity contribution in [3.05, 3.63) is 83.9 Å². The van der Waals surface area contributed by atoms with Gasteiger partial charge in [-0.1, -0.05) is 24.3 Å². The number of fused-ring (bicyclic) bond motifs is 8. The van der Waals surface area contributed by atoms with E-state index in [2.05, 4.69) is 37.3 Å². The fourth-order valence-corrected chi connectivity index (χ4v) is 7.43. The Balaban J connectivity index is 0.000000144. The summed E-state index contributed by atoms with van der Waals surface area (Å²) in [6.07, 6.45) is -2.48. The zero-order chi connectivity index (χ0) is 39.6. The predicted molar refractivity (Wildman–Crippen MR) is 205 cm³/mol. The molecule has 2 aliphatic carbocycles. The van der Waals surface area contributed by atoms with Crippen LogP contribution < -0.4 is 31.1 Å². The molecule has 0 spiro atoms. The molecule has 10 rings (SSSR count). The summed E-state index contributed by atoms with van der Waals surface area (Å²) in [5.74, 6) is 1.29. The molecule has 4 fully saturated rings. The second-order valence-corrected chi connectivity index (χ2v) is 16.2. The van der Waals surface area contributed by atoms with Gasteiger partial charge in [0.25, 0.3) is 0 Å². The summed E-state index contributed by atoms with van der Waals surface area (Å²) >= 11 is 0. The molecule has 0 radical (unpaired) electrons. The first-order chi connectivity index (χ1) is 26.4. The summed E-state index contributed by atoms with van der Waals surface area (Å²) in [5.41, 5.74) is 7.91. The molecule has 56 heavy (non-hydrogen) atoms. The Morgan fingerprint density at radius 3 is 1.89 bits per heavy atom. The molecule has 9 nitrogen and oxygen atoms in total. The van der Waals surface area contributed by atoms with Crippen LogP contribution in [0.25, 0.3) is 22.5 Å². The molecule has 2 aromatic heterocycles. The summed E-state index contributed by atoms with van der Waals surface area (Å²) in [7, 11) is 0. The second-order valence-electron chi connectivity index (χ2n) is 16.2. The molecule has 6 aliphatic rings. The van der Waals surface area contributed by atoms with Crippen LogP contribution >= 0.6 is 0 Å². The molecule has 4 aliphatic heterocycles. The first-order valence-corrected chi connectivity index (χ1v) is 19.0. The molecule has 15 heteroatoms. The minimum absolute atomic E-state index is 0.0223. The van der Waals surface area contributed by atoms with Crippen molar-refractivity contribution in [2.45, 2.75) is 87.9 Å². The van der Waals surface area contributed by atoms with Gasteiger partial charge in [-0.05, 0) is 101 Å². The molecular weight excluding hydrogens is 734 g/mol. The number of carbonyl (C=O) groups is 1. The Morgan fingerprint density at radius 1 is 0.768 bits per heavy atom. The molecule has 6 heterocycles. The Kier molecular flexibility index (Phi) is 9.36. The maximum atomic E-state index is 13.1. The van der Waals surface area contributed by atoms with E-state index in [1.807, 2.05) is 19.1 Å². The average molecular weight is 779 g/mol. The van der Waals surface area contributed by atoms with Crippen molar-refractivity contribution in [2.24, 2.45) is 5.73 Å². The van der Waals surface area contributed by atoms with Crippen molar-refractivity contribution in [3.8, 4) is 22.5 Å². The van der Waals surface area contributed by atoms with Crippen molar-refractivity contribution in [1.82, 2.24) is 15.3 Å². The van der Waals surface area contributed by atoms with Crippen LogP contribution in [0.15, 0.2) is 72.8 Å². The summed E-state index contributed by atoms with van der Waals surface area (Å²) in [6, 6.07) is 18.0. The summed E-state index contributed by atoms with van der Waals surface area (Å²) < 4.78 is 77.8. The third-order valence-electron chi connectivity index (χ3n) is 11.3. The van der Waals surface area contributed by atoms with E-state index < -0.39 is 23.5 Å². The first-order valence-electron chi connectivity index (χ1n) is 19.0. The topological polar surface area (TPSA) is 103 Å². The van der Waals surface area contributed by atoms with Crippen LogP contribution in [0, 0.1) is 0 Å². The monoisotopic (exact) mass is 778 g/mol. The van der Waals surface area contributed by atoms with Gasteiger partial charge in [-0.25, -0.2) is 14.8 Å². The quantitative estimate of drug-likeness (QED) is 0.179. The van der Waals surface area contributed by atoms with Gasteiger partial charge in [-0.15, -0.1) is 0 Å². The highest BCUT2D eigenvalue weighted by molar-refractivity contribution is 5.97. The largest absolute Gasteiger partial charge is 0.416 e. The van der Waals surface area contributed by atoms with Gasteiger partial charge in [0.15, 0.2) is 11.6 Å². The number of amides is 2. The van der Waals surface area contributed by atoms with Crippen molar-refractivity contribution in [1.29, 1.82) is 0 Å². The Labute approximate surface area is 321 Å². The molecule has 0 unspecified atom stereocenters. The van der Waals surface area contributed by atoms with Gasteiger partial charge < -0.3 is 26.2 Å². The number of nitrogens with two attached hydrogens (primary N) is 1. The summed E-state index contributed by atoms with van der Waals surface area (Å²) in [6.45, 7) is 7.65. The fourth-order valence-electron chi connectivity index (χ4n) is 7.43. The Bertz CT molecular complexity index is 2130. The van der Waals surface area contributed by atoms with E-state index in [1.165, 1.54) is 25.0 Å². The van der Waals surface area contributed by atoms with Crippen molar-refractivity contribution in [3.63, 3.8) is 0 Å². The fraction of sp³-hybridized carbons (Fsp3) is 0.439. The van der Waals surface area contributed by atoms with Crippen LogP contribution in [0.3, 0.4) is 0 Å². The zero-order valence-electron chi connectivity index (χ0n) is 31.1. The van der Waals surface area contributed by atoms with E-state index in [0.717, 1.165) is 93.3 Å². The van der Waals surface area contributed by atoms with E-state index in [-0.39, 0.29) is 23.2 Å². The van der Waals surface area contributed by atoms with Gasteiger partial charge in [0, 0.05) is 54.4 Å². The number of anilines is 4. The zero-order valence-corrected chi connectivity index (χ0v) is 31.1. The van der Waals surface area contributed by atoms with E-state index in [0.29, 0.717) is 34.4 Å². The van der Waals surface area contributed by atoms with Crippen LogP contribution in [-0.2, 0) is 12.4 Å². The molecule has 296 valence electrons. The minimum atomic E-state index is -4.42. The van der Waals surface area contributed by atoms with E-state index in [4.69, 9.17) is 5.73 Å². The predicted octanol–water partition coefficient (Wildman–Crippen LogP) is 8.70. The first kappa shape index (κ1) is 37.9. The smallest absolute Gasteiger partial charge is 0.366 e. The molecule has 2 saturated heterocycles. The number of benzene rings is 2. The lowest BCUT2D eigenvalue weighted by molar-refractivity contribution is -0.138. The SMILES string of the molecule is CC1(N)CC1.CC1(NC(=O)N2c3nc(-c4cccc(C(F)(F)F)c4)ccc3N3CC[C@H]2C3)CC1.FC(F)(F)c1cccc(-c2ccc3c(n2)N[C@H]2CCN3C2)c1. The number of alkyl halides is 6. The highest BCUT2D eigenvalue weighted by Crippen LogP contribution is 2.43. The number of halogens is 6. The Morgan fingerprint density at radius 2 is 1.32 bits per heavy atom. The average Bonchev–Trinajstić information content (AvgIpc) is 3.96. The van der Waals surface area contributed by atoms with E-state index >= 15 is 0 Å². The van der Waals surface area contributed by atoms with Crippen LogP contribution in [0.2, 0.25) is 0 Å². The number of rotatable bonds is 3. The standard InChI is InChI=1S/C21H21F3N4O.C16H14F3N3.C4H9N/c1-20(8-9-20)26-19(29)28-15-7-10-27(12-15)17-6-5-16(25-18(17)28)13-3-2-4-14(11-13)21(22,23)24;17-16(18,19)11-3-1-2-10(8-11)13-4-5-14-15(21-13)20-12-6-7-22(14)9-12;1-4(5)2-3-4/h2-6,11,15H,7-10,12H2,1H3,(H,26,29);1-5,8,12H,6-7,9H2,(H,20,21);2-3,5H2,1H3/t15-;12-;/m00./s1. The van der Waals surface area contributed by atoms with Crippen LogP contribution in [-0.4, -0.2) is 65.3 Å². The maximum absolute atomic E-state index is 13.1. The molecule has 2 atom stereocenters. The van der Waals surface area contributed by atoms with Crippen molar-refractivity contribution in [2.75, 3.05) is 46.2 Å². The number of nitrogens with one attached hydrogen (secondary N) is 2. The van der Waals surface area contributed by atoms with Crippen molar-refractivity contribution < 1.29 is 31.1 Å². The molecule has 4 bridgehead atoms. The van der Waals surface area contributed by atoms with Crippen molar-refractivity contribution >= 4 is 29.0 Å². The summed E-state index contributed by atoms with van der Waals surface area (Å²) in [5, 5.41) is 6.46. The molecule has 4 aromatic rings. The maximum Gasteiger partial charge on any atom is 0.416 e. The van der Waals surface area contributed by atoms with Gasteiger partial charge in [0.05, 0.1) is 39.9 Å². The van der Waals surface area contributed by atoms with Crippen LogP contribution in [0.5, 0.6) is 0 Å². The van der Waals surface area contributed by atoms with Gasteiger partial charge in [-0.2, -0.15) is 26.3 Å². The highest BCUT2D eigenvalue weighted by Gasteiger charge is 2.45. The second kappa shape index (κ2) is 13.9. The summed E-state index contributed by atoms with van der Waals surface area (Å²) in [4.78, 5) is 28.4. The number of carbonyl (C=O) groups excluding carboxylic acids is 1.